The van der Waals surface area contributed by atoms with E-state index < -0.39 is 0 Å². The highest BCUT2D eigenvalue weighted by Crippen LogP contribution is 2.26. The van der Waals surface area contributed by atoms with Crippen molar-refractivity contribution in [1.29, 1.82) is 0 Å². The van der Waals surface area contributed by atoms with Crippen molar-refractivity contribution in [2.24, 2.45) is 0 Å². The average molecular weight is 240 g/mol. The summed E-state index contributed by atoms with van der Waals surface area (Å²) in [6.07, 6.45) is 2.14. The monoisotopic (exact) mass is 240 g/mol. The number of carbonyl (C=O) groups is 1. The standard InChI is InChI=1S/C13H12N4O/c1-8-4-5-14-13(15-8)16-10-2-3-11-9(6-10)7-12(18)17-11/h2-6H,7H2,1H3,(H,17,18)(H,14,15,16). The molecular formula is C13H12N4O. The maximum atomic E-state index is 11.3. The second kappa shape index (κ2) is 4.10. The van der Waals surface area contributed by atoms with Gasteiger partial charge in [0.15, 0.2) is 0 Å². The van der Waals surface area contributed by atoms with Crippen molar-refractivity contribution in [2.75, 3.05) is 10.6 Å². The van der Waals surface area contributed by atoms with Crippen molar-refractivity contribution in [2.45, 2.75) is 13.3 Å². The minimum atomic E-state index is 0.0361. The van der Waals surface area contributed by atoms with Crippen LogP contribution in [0.3, 0.4) is 0 Å². The van der Waals surface area contributed by atoms with E-state index in [-0.39, 0.29) is 5.91 Å². The van der Waals surface area contributed by atoms with Crippen LogP contribution >= 0.6 is 0 Å². The Labute approximate surface area is 104 Å². The van der Waals surface area contributed by atoms with Crippen molar-refractivity contribution in [3.8, 4) is 0 Å². The lowest BCUT2D eigenvalue weighted by atomic mass is 10.1. The Morgan fingerprint density at radius 1 is 1.33 bits per heavy atom. The molecule has 1 amide bonds. The van der Waals surface area contributed by atoms with Crippen molar-refractivity contribution >= 4 is 23.2 Å². The predicted octanol–water partition coefficient (Wildman–Crippen LogP) is 2.02. The number of anilines is 3. The molecule has 0 radical (unpaired) electrons. The van der Waals surface area contributed by atoms with Gasteiger partial charge in [0.25, 0.3) is 0 Å². The topological polar surface area (TPSA) is 66.9 Å². The first-order valence-corrected chi connectivity index (χ1v) is 5.70. The summed E-state index contributed by atoms with van der Waals surface area (Å²) in [5.41, 5.74) is 3.68. The van der Waals surface area contributed by atoms with Crippen LogP contribution in [0.5, 0.6) is 0 Å². The fourth-order valence-corrected chi connectivity index (χ4v) is 1.95. The van der Waals surface area contributed by atoms with Crippen LogP contribution in [0.25, 0.3) is 0 Å². The van der Waals surface area contributed by atoms with E-state index in [9.17, 15) is 4.79 Å². The predicted molar refractivity (Wildman–Crippen MR) is 68.8 cm³/mol. The number of hydrogen-bond donors (Lipinski definition) is 2. The van der Waals surface area contributed by atoms with Crippen molar-refractivity contribution in [1.82, 2.24) is 9.97 Å². The molecule has 3 rings (SSSR count). The summed E-state index contributed by atoms with van der Waals surface area (Å²) < 4.78 is 0. The highest BCUT2D eigenvalue weighted by Gasteiger charge is 2.17. The third-order valence-corrected chi connectivity index (χ3v) is 2.78. The van der Waals surface area contributed by atoms with E-state index in [1.165, 1.54) is 0 Å². The molecule has 0 fully saturated rings. The molecule has 1 aliphatic heterocycles. The fourth-order valence-electron chi connectivity index (χ4n) is 1.95. The summed E-state index contributed by atoms with van der Waals surface area (Å²) in [4.78, 5) is 19.7. The molecule has 2 heterocycles. The molecule has 90 valence electrons. The fraction of sp³-hybridized carbons (Fsp3) is 0.154. The molecule has 0 aliphatic carbocycles. The highest BCUT2D eigenvalue weighted by molar-refractivity contribution is 5.99. The maximum absolute atomic E-state index is 11.3. The Kier molecular flexibility index (Phi) is 2.44. The van der Waals surface area contributed by atoms with Gasteiger partial charge in [-0.3, -0.25) is 4.79 Å². The van der Waals surface area contributed by atoms with Gasteiger partial charge in [-0.1, -0.05) is 0 Å². The summed E-state index contributed by atoms with van der Waals surface area (Å²) in [5, 5.41) is 5.93. The molecule has 2 aromatic rings. The smallest absolute Gasteiger partial charge is 0.228 e. The number of nitrogens with zero attached hydrogens (tertiary/aromatic N) is 2. The maximum Gasteiger partial charge on any atom is 0.228 e. The first-order chi connectivity index (χ1) is 8.70. The minimum Gasteiger partial charge on any atom is -0.326 e. The van der Waals surface area contributed by atoms with E-state index >= 15 is 0 Å². The molecule has 0 unspecified atom stereocenters. The number of amides is 1. The van der Waals surface area contributed by atoms with Crippen LogP contribution in [0.15, 0.2) is 30.5 Å². The van der Waals surface area contributed by atoms with Gasteiger partial charge >= 0.3 is 0 Å². The van der Waals surface area contributed by atoms with Crippen LogP contribution in [-0.4, -0.2) is 15.9 Å². The van der Waals surface area contributed by atoms with Gasteiger partial charge in [0, 0.05) is 23.3 Å². The largest absolute Gasteiger partial charge is 0.326 e. The number of aryl methyl sites for hydroxylation is 1. The molecule has 18 heavy (non-hydrogen) atoms. The summed E-state index contributed by atoms with van der Waals surface area (Å²) in [7, 11) is 0. The molecule has 1 aliphatic rings. The lowest BCUT2D eigenvalue weighted by Gasteiger charge is -2.06. The van der Waals surface area contributed by atoms with Crippen LogP contribution < -0.4 is 10.6 Å². The molecular weight excluding hydrogens is 228 g/mol. The van der Waals surface area contributed by atoms with Gasteiger partial charge in [-0.2, -0.15) is 0 Å². The van der Waals surface area contributed by atoms with E-state index in [1.807, 2.05) is 31.2 Å². The van der Waals surface area contributed by atoms with Crippen LogP contribution in [0.2, 0.25) is 0 Å². The van der Waals surface area contributed by atoms with Gasteiger partial charge < -0.3 is 10.6 Å². The third kappa shape index (κ3) is 2.02. The Hall–Kier alpha value is -2.43. The number of aromatic nitrogens is 2. The number of benzene rings is 1. The van der Waals surface area contributed by atoms with E-state index in [4.69, 9.17) is 0 Å². The molecule has 1 aromatic heterocycles. The molecule has 1 aromatic carbocycles. The first kappa shape index (κ1) is 10.7. The van der Waals surface area contributed by atoms with E-state index in [1.54, 1.807) is 6.20 Å². The lowest BCUT2D eigenvalue weighted by molar-refractivity contribution is -0.115. The summed E-state index contributed by atoms with van der Waals surface area (Å²) in [6, 6.07) is 7.57. The van der Waals surface area contributed by atoms with E-state index in [0.29, 0.717) is 12.4 Å². The second-order valence-electron chi connectivity index (χ2n) is 4.24. The molecule has 0 saturated heterocycles. The summed E-state index contributed by atoms with van der Waals surface area (Å²) >= 11 is 0. The Morgan fingerprint density at radius 3 is 3.06 bits per heavy atom. The van der Waals surface area contributed by atoms with E-state index in [2.05, 4.69) is 20.6 Å². The van der Waals surface area contributed by atoms with Gasteiger partial charge in [0.2, 0.25) is 11.9 Å². The lowest BCUT2D eigenvalue weighted by Crippen LogP contribution is -2.03. The third-order valence-electron chi connectivity index (χ3n) is 2.78. The molecule has 5 nitrogen and oxygen atoms in total. The summed E-state index contributed by atoms with van der Waals surface area (Å²) in [6.45, 7) is 1.91. The SMILES string of the molecule is Cc1ccnc(Nc2ccc3c(c2)CC(=O)N3)n1. The van der Waals surface area contributed by atoms with Crippen LogP contribution in [-0.2, 0) is 11.2 Å². The number of hydrogen-bond acceptors (Lipinski definition) is 4. The zero-order valence-corrected chi connectivity index (χ0v) is 9.90. The Morgan fingerprint density at radius 2 is 2.22 bits per heavy atom. The average Bonchev–Trinajstić information content (AvgIpc) is 2.68. The number of fused-ring (bicyclic) bond motifs is 1. The number of carbonyl (C=O) groups excluding carboxylic acids is 1. The van der Waals surface area contributed by atoms with E-state index in [0.717, 1.165) is 22.6 Å². The zero-order chi connectivity index (χ0) is 12.5. The first-order valence-electron chi connectivity index (χ1n) is 5.70. The molecule has 0 bridgehead atoms. The van der Waals surface area contributed by atoms with Gasteiger partial charge in [0.1, 0.15) is 0 Å². The van der Waals surface area contributed by atoms with Crippen molar-refractivity contribution < 1.29 is 4.79 Å². The molecule has 5 heteroatoms. The van der Waals surface area contributed by atoms with Gasteiger partial charge in [-0.15, -0.1) is 0 Å². The van der Waals surface area contributed by atoms with Crippen molar-refractivity contribution in [3.05, 3.63) is 41.7 Å². The highest BCUT2D eigenvalue weighted by atomic mass is 16.1. The molecule has 2 N–H and O–H groups in total. The minimum absolute atomic E-state index is 0.0361. The zero-order valence-electron chi connectivity index (χ0n) is 9.90. The van der Waals surface area contributed by atoms with Gasteiger partial charge in [-0.25, -0.2) is 9.97 Å². The Balaban J connectivity index is 1.86. The van der Waals surface area contributed by atoms with Crippen molar-refractivity contribution in [3.63, 3.8) is 0 Å². The quantitative estimate of drug-likeness (QED) is 0.842. The Bertz CT molecular complexity index is 624. The number of nitrogens with one attached hydrogen (secondary N) is 2. The van der Waals surface area contributed by atoms with Gasteiger partial charge in [-0.05, 0) is 36.8 Å². The van der Waals surface area contributed by atoms with Crippen LogP contribution in [0.1, 0.15) is 11.3 Å². The van der Waals surface area contributed by atoms with Gasteiger partial charge in [0.05, 0.1) is 6.42 Å². The van der Waals surface area contributed by atoms with Crippen LogP contribution in [0.4, 0.5) is 17.3 Å². The second-order valence-corrected chi connectivity index (χ2v) is 4.24. The normalized spacial score (nSPS) is 13.1. The molecule has 0 spiro atoms. The van der Waals surface area contributed by atoms with Crippen LogP contribution in [0, 0.1) is 6.92 Å². The summed E-state index contributed by atoms with van der Waals surface area (Å²) in [5.74, 6) is 0.598. The molecule has 0 atom stereocenters. The molecule has 0 saturated carbocycles. The number of rotatable bonds is 2.